The lowest BCUT2D eigenvalue weighted by molar-refractivity contribution is -0.112. The van der Waals surface area contributed by atoms with Crippen LogP contribution < -0.4 is 0 Å². The largest absolute Gasteiger partial charge is 0.396 e. The molecule has 0 atom stereocenters. The Morgan fingerprint density at radius 1 is 0.481 bits per heavy atom. The Balaban J connectivity index is -0.000000320. The Morgan fingerprint density at radius 2 is 0.704 bits per heavy atom. The third-order valence-corrected chi connectivity index (χ3v) is 4.81. The van der Waals surface area contributed by atoms with Crippen LogP contribution in [-0.4, -0.2) is 118 Å². The Bertz CT molecular complexity index is 202. The van der Waals surface area contributed by atoms with Crippen molar-refractivity contribution in [3.63, 3.8) is 0 Å². The van der Waals surface area contributed by atoms with E-state index in [2.05, 4.69) is 4.74 Å². The van der Waals surface area contributed by atoms with Crippen LogP contribution in [0.1, 0.15) is 26.7 Å². The molecule has 0 fully saturated rings. The molecular weight excluding hydrogens is 364 g/mol. The molecule has 0 bridgehead atoms. The summed E-state index contributed by atoms with van der Waals surface area (Å²) < 4.78 is 4.64. The first kappa shape index (κ1) is 31.3. The molecule has 10 nitrogen and oxygen atoms in total. The van der Waals surface area contributed by atoms with Crippen molar-refractivity contribution in [2.45, 2.75) is 32.3 Å². The van der Waals surface area contributed by atoms with Gasteiger partial charge in [0.2, 0.25) is 0 Å². The topological polar surface area (TPSA) is 191 Å². The lowest BCUT2D eigenvalue weighted by Crippen LogP contribution is -2.43. The second kappa shape index (κ2) is 17.7. The van der Waals surface area contributed by atoms with Crippen molar-refractivity contribution in [1.29, 1.82) is 0 Å². The molecule has 0 saturated heterocycles. The van der Waals surface area contributed by atoms with Gasteiger partial charge in [0.25, 0.3) is 0 Å². The molecule has 0 spiro atoms. The van der Waals surface area contributed by atoms with E-state index in [-0.39, 0.29) is 59.5 Å². The van der Waals surface area contributed by atoms with Crippen molar-refractivity contribution in [1.82, 2.24) is 0 Å². The second-order valence-corrected chi connectivity index (χ2v) is 6.52. The highest BCUT2D eigenvalue weighted by molar-refractivity contribution is 4.77. The summed E-state index contributed by atoms with van der Waals surface area (Å²) in [5, 5.41) is 77.5. The number of methoxy groups -OCH3 is 1. The van der Waals surface area contributed by atoms with E-state index in [4.69, 9.17) is 46.0 Å². The summed E-state index contributed by atoms with van der Waals surface area (Å²) in [4.78, 5) is 0. The summed E-state index contributed by atoms with van der Waals surface area (Å²) in [6, 6.07) is 0. The molecule has 0 aliphatic heterocycles. The van der Waals surface area contributed by atoms with Gasteiger partial charge in [-0.05, 0) is 12.8 Å². The van der Waals surface area contributed by atoms with Crippen LogP contribution in [0.3, 0.4) is 0 Å². The van der Waals surface area contributed by atoms with Gasteiger partial charge < -0.3 is 50.7 Å². The first-order valence-corrected chi connectivity index (χ1v) is 8.76. The maximum atomic E-state index is 8.66. The predicted molar refractivity (Wildman–Crippen MR) is 99.0 cm³/mol. The third-order valence-electron chi connectivity index (χ3n) is 4.81. The fourth-order valence-electron chi connectivity index (χ4n) is 1.31. The van der Waals surface area contributed by atoms with Crippen LogP contribution in [0.15, 0.2) is 0 Å². The maximum absolute atomic E-state index is 8.66. The molecule has 0 aromatic carbocycles. The Morgan fingerprint density at radius 3 is 0.704 bits per heavy atom. The molecule has 0 saturated carbocycles. The molecule has 10 heteroatoms. The number of ether oxygens (including phenoxy) is 1. The van der Waals surface area contributed by atoms with Crippen molar-refractivity contribution < 1.29 is 50.7 Å². The summed E-state index contributed by atoms with van der Waals surface area (Å²) in [5.41, 5.74) is -2.50. The molecule has 9 N–H and O–H groups in total. The van der Waals surface area contributed by atoms with Crippen LogP contribution >= 0.6 is 0 Å². The van der Waals surface area contributed by atoms with Gasteiger partial charge in [-0.15, -0.1) is 0 Å². The van der Waals surface area contributed by atoms with Gasteiger partial charge in [-0.3, -0.25) is 0 Å². The SMILES string of the molecule is CCC(CO)(CO)CO.CCC(CO)(CO)CO.COC(CO)(CO)CO. The number of hydrogen-bond acceptors (Lipinski definition) is 10. The van der Waals surface area contributed by atoms with Gasteiger partial charge in [-0.1, -0.05) is 13.8 Å². The highest BCUT2D eigenvalue weighted by atomic mass is 16.5. The summed E-state index contributed by atoms with van der Waals surface area (Å²) in [6.07, 6.45) is 1.19. The minimum Gasteiger partial charge on any atom is -0.396 e. The Labute approximate surface area is 161 Å². The van der Waals surface area contributed by atoms with Crippen LogP contribution in [0, 0.1) is 10.8 Å². The van der Waals surface area contributed by atoms with Crippen LogP contribution in [-0.2, 0) is 4.74 Å². The fourth-order valence-corrected chi connectivity index (χ4v) is 1.31. The van der Waals surface area contributed by atoms with E-state index >= 15 is 0 Å². The maximum Gasteiger partial charge on any atom is 0.136 e. The first-order chi connectivity index (χ1) is 12.7. The molecule has 168 valence electrons. The van der Waals surface area contributed by atoms with E-state index in [0.717, 1.165) is 0 Å². The summed E-state index contributed by atoms with van der Waals surface area (Å²) in [7, 11) is 1.32. The number of aliphatic hydroxyl groups is 9. The molecule has 0 aliphatic rings. The highest BCUT2D eigenvalue weighted by Crippen LogP contribution is 2.18. The molecule has 0 unspecified atom stereocenters. The lowest BCUT2D eigenvalue weighted by Gasteiger charge is -2.24. The quantitative estimate of drug-likeness (QED) is 0.163. The van der Waals surface area contributed by atoms with Crippen molar-refractivity contribution in [2.24, 2.45) is 10.8 Å². The average molecular weight is 404 g/mol. The number of hydrogen-bond donors (Lipinski definition) is 9. The standard InChI is InChI=1S/2C6H14O3.C5H12O4/c2*1-2-6(3-7,4-8)5-9;1-9-5(2-6,3-7)4-8/h2*7-9H,2-5H2,1H3;6-8H,2-4H2,1H3. The minimum atomic E-state index is -1.17. The highest BCUT2D eigenvalue weighted by Gasteiger charge is 2.27. The third kappa shape index (κ3) is 11.3. The van der Waals surface area contributed by atoms with Gasteiger partial charge in [0.1, 0.15) is 5.60 Å². The monoisotopic (exact) mass is 404 g/mol. The normalized spacial score (nSPS) is 12.0. The molecule has 0 aliphatic carbocycles. The van der Waals surface area contributed by atoms with Gasteiger partial charge in [0.05, 0.1) is 59.5 Å². The number of aliphatic hydroxyl groups excluding tert-OH is 9. The Kier molecular flexibility index (Phi) is 20.5. The van der Waals surface area contributed by atoms with Gasteiger partial charge in [-0.25, -0.2) is 0 Å². The molecule has 0 heterocycles. The molecule has 0 aromatic rings. The minimum absolute atomic E-state index is 0.156. The van der Waals surface area contributed by atoms with E-state index < -0.39 is 16.4 Å². The zero-order valence-corrected chi connectivity index (χ0v) is 16.7. The van der Waals surface area contributed by atoms with Crippen molar-refractivity contribution >= 4 is 0 Å². The predicted octanol–water partition coefficient (Wildman–Crippen LogP) is -2.93. The summed E-state index contributed by atoms with van der Waals surface area (Å²) in [6.45, 7) is 1.57. The Hall–Kier alpha value is -0.400. The number of rotatable bonds is 12. The van der Waals surface area contributed by atoms with Crippen LogP contribution in [0.4, 0.5) is 0 Å². The molecule has 27 heavy (non-hydrogen) atoms. The van der Waals surface area contributed by atoms with E-state index in [0.29, 0.717) is 12.8 Å². The molecule has 0 aromatic heterocycles. The molecule has 0 radical (unpaired) electrons. The second-order valence-electron chi connectivity index (χ2n) is 6.52. The zero-order chi connectivity index (χ0) is 22.0. The van der Waals surface area contributed by atoms with Crippen molar-refractivity contribution in [2.75, 3.05) is 66.6 Å². The van der Waals surface area contributed by atoms with E-state index in [1.54, 1.807) is 0 Å². The first-order valence-electron chi connectivity index (χ1n) is 8.76. The van der Waals surface area contributed by atoms with Crippen molar-refractivity contribution in [3.8, 4) is 0 Å². The summed E-state index contributed by atoms with van der Waals surface area (Å²) >= 11 is 0. The van der Waals surface area contributed by atoms with E-state index in [1.807, 2.05) is 13.8 Å². The average Bonchev–Trinajstić information content (AvgIpc) is 2.75. The lowest BCUT2D eigenvalue weighted by atomic mass is 9.88. The van der Waals surface area contributed by atoms with Crippen molar-refractivity contribution in [3.05, 3.63) is 0 Å². The summed E-state index contributed by atoms with van der Waals surface area (Å²) in [5.74, 6) is 0. The fraction of sp³-hybridized carbons (Fsp3) is 1.00. The van der Waals surface area contributed by atoms with Gasteiger partial charge in [-0.2, -0.15) is 0 Å². The zero-order valence-electron chi connectivity index (χ0n) is 16.7. The van der Waals surface area contributed by atoms with Crippen LogP contribution in [0.25, 0.3) is 0 Å². The van der Waals surface area contributed by atoms with Gasteiger partial charge in [0.15, 0.2) is 0 Å². The van der Waals surface area contributed by atoms with Crippen LogP contribution in [0.2, 0.25) is 0 Å². The molecular formula is C17H40O10. The molecule has 0 amide bonds. The van der Waals surface area contributed by atoms with Crippen LogP contribution in [0.5, 0.6) is 0 Å². The van der Waals surface area contributed by atoms with Gasteiger partial charge in [0, 0.05) is 17.9 Å². The van der Waals surface area contributed by atoms with Gasteiger partial charge >= 0.3 is 0 Å². The van der Waals surface area contributed by atoms with E-state index in [1.165, 1.54) is 7.11 Å². The smallest absolute Gasteiger partial charge is 0.136 e. The van der Waals surface area contributed by atoms with E-state index in [9.17, 15) is 0 Å². The molecule has 0 rings (SSSR count).